The van der Waals surface area contributed by atoms with Gasteiger partial charge < -0.3 is 10.2 Å². The number of aryl methyl sites for hydroxylation is 2. The first-order chi connectivity index (χ1) is 15.0. The second kappa shape index (κ2) is 7.48. The average Bonchev–Trinajstić information content (AvgIpc) is 3.43. The number of nitrogens with one attached hydrogen (secondary N) is 1. The van der Waals surface area contributed by atoms with Crippen molar-refractivity contribution in [1.29, 1.82) is 0 Å². The first-order valence-electron chi connectivity index (χ1n) is 10.9. The maximum Gasteiger partial charge on any atom is 0.254 e. The number of aromatic nitrogens is 3. The molecule has 0 radical (unpaired) electrons. The number of nitrogens with zero attached hydrogens (tertiary/aromatic N) is 4. The number of pyridine rings is 1. The van der Waals surface area contributed by atoms with Gasteiger partial charge in [0.15, 0.2) is 5.65 Å². The van der Waals surface area contributed by atoms with E-state index in [2.05, 4.69) is 5.32 Å². The lowest BCUT2D eigenvalue weighted by molar-refractivity contribution is 0.0733. The molecule has 1 N–H and O–H groups in total. The number of hydrogen-bond donors (Lipinski definition) is 1. The van der Waals surface area contributed by atoms with Crippen molar-refractivity contribution in [3.63, 3.8) is 0 Å². The molecule has 3 aromatic rings. The molecule has 1 unspecified atom stereocenters. The molecule has 1 aliphatic carbocycles. The summed E-state index contributed by atoms with van der Waals surface area (Å²) in [5.41, 5.74) is 4.85. The third-order valence-electron chi connectivity index (χ3n) is 6.44. The zero-order chi connectivity index (χ0) is 21.7. The lowest BCUT2D eigenvalue weighted by Gasteiger charge is -2.24. The minimum atomic E-state index is -0.172. The van der Waals surface area contributed by atoms with Gasteiger partial charge in [-0.15, -0.1) is 0 Å². The summed E-state index contributed by atoms with van der Waals surface area (Å²) in [5, 5.41) is 8.32. The summed E-state index contributed by atoms with van der Waals surface area (Å²) in [6.45, 7) is 2.69. The Morgan fingerprint density at radius 2 is 1.87 bits per heavy atom. The van der Waals surface area contributed by atoms with Gasteiger partial charge in [-0.1, -0.05) is 17.7 Å². The Kier molecular flexibility index (Phi) is 4.76. The summed E-state index contributed by atoms with van der Waals surface area (Å²) in [6, 6.07) is 9.43. The zero-order valence-corrected chi connectivity index (χ0v) is 18.2. The van der Waals surface area contributed by atoms with E-state index in [0.29, 0.717) is 29.2 Å². The fraction of sp³-hybridized carbons (Fsp3) is 0.417. The molecule has 7 heteroatoms. The minimum Gasteiger partial charge on any atom is -0.355 e. The van der Waals surface area contributed by atoms with Gasteiger partial charge in [0.2, 0.25) is 0 Å². The smallest absolute Gasteiger partial charge is 0.254 e. The van der Waals surface area contributed by atoms with E-state index in [1.165, 1.54) is 0 Å². The van der Waals surface area contributed by atoms with E-state index in [1.807, 2.05) is 49.2 Å². The predicted octanol–water partition coefficient (Wildman–Crippen LogP) is 3.49. The first-order valence-corrected chi connectivity index (χ1v) is 10.9. The lowest BCUT2D eigenvalue weighted by Crippen LogP contribution is -2.31. The number of likely N-dealkylation sites (tertiary alicyclic amines) is 1. The van der Waals surface area contributed by atoms with Crippen LogP contribution in [0.25, 0.3) is 11.0 Å². The molecule has 160 valence electrons. The number of hydrogen-bond acceptors (Lipinski definition) is 4. The molecule has 2 amide bonds. The molecule has 2 aliphatic rings. The van der Waals surface area contributed by atoms with Gasteiger partial charge in [0.05, 0.1) is 22.7 Å². The second-order valence-corrected chi connectivity index (χ2v) is 8.68. The monoisotopic (exact) mass is 417 g/mol. The average molecular weight is 418 g/mol. The maximum absolute atomic E-state index is 13.3. The summed E-state index contributed by atoms with van der Waals surface area (Å²) in [6.07, 6.45) is 3.94. The molecule has 3 heterocycles. The molecule has 1 aliphatic heterocycles. The fourth-order valence-electron chi connectivity index (χ4n) is 4.59. The van der Waals surface area contributed by atoms with Crippen molar-refractivity contribution in [2.45, 2.75) is 44.6 Å². The Balaban J connectivity index is 1.61. The highest BCUT2D eigenvalue weighted by atomic mass is 16.2. The van der Waals surface area contributed by atoms with Gasteiger partial charge in [0, 0.05) is 37.8 Å². The van der Waals surface area contributed by atoms with Crippen LogP contribution in [0.4, 0.5) is 0 Å². The van der Waals surface area contributed by atoms with Crippen LogP contribution < -0.4 is 5.32 Å². The quantitative estimate of drug-likeness (QED) is 0.705. The summed E-state index contributed by atoms with van der Waals surface area (Å²) >= 11 is 0. The molecule has 31 heavy (non-hydrogen) atoms. The molecule has 0 spiro atoms. The van der Waals surface area contributed by atoms with Crippen LogP contribution in [-0.4, -0.2) is 45.1 Å². The number of carbonyl (C=O) groups excluding carboxylic acids is 2. The standard InChI is InChI=1S/C24H27N5O2/c1-14-6-8-16(9-7-14)24(31)29-12-4-5-19(29)21-20-17(23(30)25-2)13-18(15-10-11-15)26-22(20)28(3)27-21/h6-9,13,15,19H,4-5,10-12H2,1-3H3,(H,25,30). The van der Waals surface area contributed by atoms with Crippen molar-refractivity contribution in [2.24, 2.45) is 7.05 Å². The van der Waals surface area contributed by atoms with Gasteiger partial charge in [-0.3, -0.25) is 14.3 Å². The third-order valence-corrected chi connectivity index (χ3v) is 6.44. The Bertz CT molecular complexity index is 1180. The van der Waals surface area contributed by atoms with Gasteiger partial charge in [-0.05, 0) is 50.8 Å². The summed E-state index contributed by atoms with van der Waals surface area (Å²) in [4.78, 5) is 32.9. The molecule has 2 aromatic heterocycles. The second-order valence-electron chi connectivity index (χ2n) is 8.68. The van der Waals surface area contributed by atoms with Crippen molar-refractivity contribution in [3.05, 3.63) is 58.4 Å². The molecule has 1 atom stereocenters. The van der Waals surface area contributed by atoms with Crippen LogP contribution in [0.3, 0.4) is 0 Å². The normalized spacial score (nSPS) is 18.5. The van der Waals surface area contributed by atoms with Gasteiger partial charge in [-0.2, -0.15) is 5.10 Å². The van der Waals surface area contributed by atoms with Crippen molar-refractivity contribution < 1.29 is 9.59 Å². The van der Waals surface area contributed by atoms with E-state index in [0.717, 1.165) is 48.0 Å². The highest BCUT2D eigenvalue weighted by molar-refractivity contribution is 6.07. The predicted molar refractivity (Wildman–Crippen MR) is 118 cm³/mol. The molecular weight excluding hydrogens is 390 g/mol. The van der Waals surface area contributed by atoms with Crippen molar-refractivity contribution in [2.75, 3.05) is 13.6 Å². The molecular formula is C24H27N5O2. The number of carbonyl (C=O) groups is 2. The van der Waals surface area contributed by atoms with E-state index in [-0.39, 0.29) is 17.9 Å². The first kappa shape index (κ1) is 19.7. The van der Waals surface area contributed by atoms with Crippen LogP contribution >= 0.6 is 0 Å². The topological polar surface area (TPSA) is 80.1 Å². The molecule has 0 bridgehead atoms. The van der Waals surface area contributed by atoms with Crippen LogP contribution in [0.2, 0.25) is 0 Å². The summed E-state index contributed by atoms with van der Waals surface area (Å²) in [5.74, 6) is 0.292. The molecule has 2 fully saturated rings. The number of fused-ring (bicyclic) bond motifs is 1. The summed E-state index contributed by atoms with van der Waals surface area (Å²) < 4.78 is 1.76. The van der Waals surface area contributed by atoms with Crippen molar-refractivity contribution >= 4 is 22.8 Å². The van der Waals surface area contributed by atoms with Crippen LogP contribution in [0.5, 0.6) is 0 Å². The Morgan fingerprint density at radius 3 is 2.55 bits per heavy atom. The van der Waals surface area contributed by atoms with Crippen molar-refractivity contribution in [3.8, 4) is 0 Å². The van der Waals surface area contributed by atoms with Crippen molar-refractivity contribution in [1.82, 2.24) is 25.0 Å². The van der Waals surface area contributed by atoms with E-state index in [4.69, 9.17) is 10.1 Å². The third kappa shape index (κ3) is 3.38. The van der Waals surface area contributed by atoms with Gasteiger partial charge in [0.1, 0.15) is 0 Å². The highest BCUT2D eigenvalue weighted by Gasteiger charge is 2.36. The highest BCUT2D eigenvalue weighted by Crippen LogP contribution is 2.42. The SMILES string of the molecule is CNC(=O)c1cc(C2CC2)nc2c1c(C1CCCN1C(=O)c1ccc(C)cc1)nn2C. The molecule has 5 rings (SSSR count). The van der Waals surface area contributed by atoms with Gasteiger partial charge in [-0.25, -0.2) is 4.98 Å². The Labute approximate surface area is 181 Å². The van der Waals surface area contributed by atoms with E-state index >= 15 is 0 Å². The fourth-order valence-corrected chi connectivity index (χ4v) is 4.59. The number of benzene rings is 1. The Morgan fingerprint density at radius 1 is 1.13 bits per heavy atom. The molecule has 1 saturated heterocycles. The maximum atomic E-state index is 13.3. The van der Waals surface area contributed by atoms with E-state index < -0.39 is 0 Å². The van der Waals surface area contributed by atoms with Crippen LogP contribution in [0.15, 0.2) is 30.3 Å². The lowest BCUT2D eigenvalue weighted by atomic mass is 10.0. The number of amides is 2. The van der Waals surface area contributed by atoms with Gasteiger partial charge in [0.25, 0.3) is 11.8 Å². The zero-order valence-electron chi connectivity index (χ0n) is 18.2. The Hall–Kier alpha value is -3.22. The van der Waals surface area contributed by atoms with Crippen LogP contribution in [0, 0.1) is 6.92 Å². The largest absolute Gasteiger partial charge is 0.355 e. The number of rotatable bonds is 4. The summed E-state index contributed by atoms with van der Waals surface area (Å²) in [7, 11) is 3.51. The van der Waals surface area contributed by atoms with Crippen LogP contribution in [0.1, 0.15) is 75.3 Å². The van der Waals surface area contributed by atoms with Gasteiger partial charge >= 0.3 is 0 Å². The van der Waals surface area contributed by atoms with Crippen LogP contribution in [-0.2, 0) is 7.05 Å². The molecule has 1 saturated carbocycles. The molecule has 1 aromatic carbocycles. The molecule has 7 nitrogen and oxygen atoms in total. The van der Waals surface area contributed by atoms with E-state index in [1.54, 1.807) is 11.7 Å². The minimum absolute atomic E-state index is 0.00496. The van der Waals surface area contributed by atoms with E-state index in [9.17, 15) is 9.59 Å².